The fraction of sp³-hybridized carbons (Fsp3) is 0.417. The van der Waals surface area contributed by atoms with Crippen molar-refractivity contribution in [1.82, 2.24) is 10.2 Å². The summed E-state index contributed by atoms with van der Waals surface area (Å²) in [4.78, 5) is 27.6. The van der Waals surface area contributed by atoms with E-state index < -0.39 is 56.7 Å². The molecule has 0 saturated carbocycles. The van der Waals surface area contributed by atoms with Gasteiger partial charge in [0.25, 0.3) is 0 Å². The SMILES string of the molecule is C[C@H](C(=O)NC(C)(C)C)N(Cc1ccc(Br)cc1)C(=O)CN(c1ccc(Cl)c(C(F)(F)F)c1)S(C)(=O)=O. The van der Waals surface area contributed by atoms with Gasteiger partial charge < -0.3 is 10.2 Å². The standard InChI is InChI=1S/C24H28BrClF3N3O4S/c1-15(22(34)30-23(2,3)4)31(13-16-6-8-17(25)9-7-16)21(33)14-32(37(5,35)36)18-10-11-20(26)19(12-18)24(27,28)29/h6-12,15H,13-14H2,1-5H3,(H,30,34)/t15-/m1/s1. The summed E-state index contributed by atoms with van der Waals surface area (Å²) in [5.74, 6) is -1.26. The predicted octanol–water partition coefficient (Wildman–Crippen LogP) is 5.22. The number of hydrogen-bond acceptors (Lipinski definition) is 4. The summed E-state index contributed by atoms with van der Waals surface area (Å²) < 4.78 is 66.7. The number of halogens is 5. The first-order valence-electron chi connectivity index (χ1n) is 11.0. The average Bonchev–Trinajstić information content (AvgIpc) is 2.74. The second-order valence-electron chi connectivity index (χ2n) is 9.49. The lowest BCUT2D eigenvalue weighted by Crippen LogP contribution is -2.54. The van der Waals surface area contributed by atoms with E-state index in [-0.39, 0.29) is 12.2 Å². The molecular formula is C24H28BrClF3N3O4S. The Bertz CT molecular complexity index is 1250. The summed E-state index contributed by atoms with van der Waals surface area (Å²) in [6, 6.07) is 8.49. The Labute approximate surface area is 228 Å². The molecule has 0 aliphatic carbocycles. The van der Waals surface area contributed by atoms with E-state index in [0.29, 0.717) is 15.9 Å². The van der Waals surface area contributed by atoms with Gasteiger partial charge in [-0.3, -0.25) is 13.9 Å². The summed E-state index contributed by atoms with van der Waals surface area (Å²) in [7, 11) is -4.21. The van der Waals surface area contributed by atoms with Gasteiger partial charge >= 0.3 is 6.18 Å². The van der Waals surface area contributed by atoms with E-state index in [4.69, 9.17) is 11.6 Å². The largest absolute Gasteiger partial charge is 0.417 e. The van der Waals surface area contributed by atoms with E-state index in [1.54, 1.807) is 45.0 Å². The first kappa shape index (κ1) is 30.9. The molecule has 0 unspecified atom stereocenters. The first-order chi connectivity index (χ1) is 16.8. The predicted molar refractivity (Wildman–Crippen MR) is 141 cm³/mol. The number of carbonyl (C=O) groups excluding carboxylic acids is 2. The molecule has 2 aromatic rings. The molecule has 0 aliphatic rings. The minimum Gasteiger partial charge on any atom is -0.350 e. The van der Waals surface area contributed by atoms with Gasteiger partial charge in [-0.2, -0.15) is 13.2 Å². The molecule has 204 valence electrons. The quantitative estimate of drug-likeness (QED) is 0.436. The Morgan fingerprint density at radius 3 is 2.14 bits per heavy atom. The Kier molecular flexibility index (Phi) is 9.70. The van der Waals surface area contributed by atoms with Crippen LogP contribution in [0.5, 0.6) is 0 Å². The number of carbonyl (C=O) groups is 2. The van der Waals surface area contributed by atoms with Gasteiger partial charge in [-0.15, -0.1) is 0 Å². The summed E-state index contributed by atoms with van der Waals surface area (Å²) in [5, 5.41) is 2.17. The zero-order valence-electron chi connectivity index (χ0n) is 20.9. The normalized spacial score (nSPS) is 13.1. The zero-order valence-corrected chi connectivity index (χ0v) is 24.0. The number of alkyl halides is 3. The molecule has 0 saturated heterocycles. The van der Waals surface area contributed by atoms with Crippen LogP contribution in [0.25, 0.3) is 0 Å². The van der Waals surface area contributed by atoms with E-state index in [2.05, 4.69) is 21.2 Å². The van der Waals surface area contributed by atoms with E-state index in [0.717, 1.165) is 22.9 Å². The van der Waals surface area contributed by atoms with Crippen molar-refractivity contribution >= 4 is 55.1 Å². The number of benzene rings is 2. The summed E-state index contributed by atoms with van der Waals surface area (Å²) in [6.07, 6.45) is -4.07. The highest BCUT2D eigenvalue weighted by Crippen LogP contribution is 2.37. The number of amides is 2. The van der Waals surface area contributed by atoms with Crippen LogP contribution < -0.4 is 9.62 Å². The maximum absolute atomic E-state index is 13.5. The van der Waals surface area contributed by atoms with E-state index in [1.165, 1.54) is 11.8 Å². The molecule has 2 rings (SSSR count). The fourth-order valence-electron chi connectivity index (χ4n) is 3.34. The van der Waals surface area contributed by atoms with Crippen molar-refractivity contribution in [2.45, 2.75) is 52.0 Å². The maximum atomic E-state index is 13.5. The monoisotopic (exact) mass is 625 g/mol. The van der Waals surface area contributed by atoms with Crippen LogP contribution in [0.1, 0.15) is 38.8 Å². The van der Waals surface area contributed by atoms with Crippen LogP contribution >= 0.6 is 27.5 Å². The third-order valence-electron chi connectivity index (χ3n) is 5.15. The van der Waals surface area contributed by atoms with Crippen molar-refractivity contribution in [2.75, 3.05) is 17.1 Å². The highest BCUT2D eigenvalue weighted by molar-refractivity contribution is 9.10. The van der Waals surface area contributed by atoms with Crippen LogP contribution in [-0.4, -0.2) is 49.5 Å². The molecule has 0 aliphatic heterocycles. The molecular weight excluding hydrogens is 599 g/mol. The smallest absolute Gasteiger partial charge is 0.350 e. The molecule has 0 aromatic heterocycles. The number of nitrogens with zero attached hydrogens (tertiary/aromatic N) is 2. The minimum atomic E-state index is -4.84. The lowest BCUT2D eigenvalue weighted by molar-refractivity contribution is -0.140. The molecule has 0 radical (unpaired) electrons. The van der Waals surface area contributed by atoms with E-state index >= 15 is 0 Å². The van der Waals surface area contributed by atoms with Crippen LogP contribution in [0.3, 0.4) is 0 Å². The van der Waals surface area contributed by atoms with Crippen molar-refractivity contribution in [3.8, 4) is 0 Å². The Morgan fingerprint density at radius 1 is 1.08 bits per heavy atom. The Hall–Kier alpha value is -2.31. The summed E-state index contributed by atoms with van der Waals surface area (Å²) in [5.41, 5.74) is -1.57. The van der Waals surface area contributed by atoms with Gasteiger partial charge in [0.2, 0.25) is 21.8 Å². The van der Waals surface area contributed by atoms with Crippen LogP contribution in [0.15, 0.2) is 46.9 Å². The van der Waals surface area contributed by atoms with Gasteiger partial charge in [0.1, 0.15) is 12.6 Å². The van der Waals surface area contributed by atoms with Gasteiger partial charge in [-0.25, -0.2) is 8.42 Å². The summed E-state index contributed by atoms with van der Waals surface area (Å²) >= 11 is 9.00. The fourth-order valence-corrected chi connectivity index (χ4v) is 4.67. The molecule has 13 heteroatoms. The third kappa shape index (κ3) is 8.89. The molecule has 2 aromatic carbocycles. The first-order valence-corrected chi connectivity index (χ1v) is 14.0. The molecule has 2 amide bonds. The lowest BCUT2D eigenvalue weighted by Gasteiger charge is -2.33. The molecule has 1 atom stereocenters. The van der Waals surface area contributed by atoms with Crippen molar-refractivity contribution in [1.29, 1.82) is 0 Å². The maximum Gasteiger partial charge on any atom is 0.417 e. The molecule has 1 N–H and O–H groups in total. The lowest BCUT2D eigenvalue weighted by atomic mass is 10.1. The van der Waals surface area contributed by atoms with Gasteiger partial charge in [-0.1, -0.05) is 39.7 Å². The van der Waals surface area contributed by atoms with Crippen LogP contribution in [0.4, 0.5) is 18.9 Å². The molecule has 0 fully saturated rings. The van der Waals surface area contributed by atoms with Gasteiger partial charge in [-0.05, 0) is 63.6 Å². The van der Waals surface area contributed by atoms with Crippen LogP contribution in [0, 0.1) is 0 Å². The Balaban J connectivity index is 2.49. The van der Waals surface area contributed by atoms with Crippen molar-refractivity contribution < 1.29 is 31.2 Å². The van der Waals surface area contributed by atoms with Gasteiger partial charge in [0.05, 0.1) is 22.5 Å². The summed E-state index contributed by atoms with van der Waals surface area (Å²) in [6.45, 7) is 5.92. The zero-order chi connectivity index (χ0) is 28.3. The highest BCUT2D eigenvalue weighted by atomic mass is 79.9. The number of anilines is 1. The minimum absolute atomic E-state index is 0.0448. The molecule has 0 heterocycles. The number of nitrogens with one attached hydrogen (secondary N) is 1. The van der Waals surface area contributed by atoms with Crippen molar-refractivity contribution in [2.24, 2.45) is 0 Å². The molecule has 37 heavy (non-hydrogen) atoms. The van der Waals surface area contributed by atoms with Crippen molar-refractivity contribution in [3.63, 3.8) is 0 Å². The second kappa shape index (κ2) is 11.6. The Morgan fingerprint density at radius 2 is 1.65 bits per heavy atom. The number of sulfonamides is 1. The van der Waals surface area contributed by atoms with Gasteiger partial charge in [0, 0.05) is 16.6 Å². The van der Waals surface area contributed by atoms with Crippen LogP contribution in [-0.2, 0) is 32.3 Å². The van der Waals surface area contributed by atoms with E-state index in [9.17, 15) is 31.2 Å². The van der Waals surface area contributed by atoms with Crippen molar-refractivity contribution in [3.05, 3.63) is 63.1 Å². The molecule has 0 bridgehead atoms. The average molecular weight is 627 g/mol. The molecule has 0 spiro atoms. The highest BCUT2D eigenvalue weighted by Gasteiger charge is 2.36. The van der Waals surface area contributed by atoms with Gasteiger partial charge in [0.15, 0.2) is 0 Å². The third-order valence-corrected chi connectivity index (χ3v) is 7.15. The second-order valence-corrected chi connectivity index (χ2v) is 12.7. The van der Waals surface area contributed by atoms with Crippen LogP contribution in [0.2, 0.25) is 5.02 Å². The molecule has 7 nitrogen and oxygen atoms in total. The topological polar surface area (TPSA) is 86.8 Å². The van der Waals surface area contributed by atoms with E-state index in [1.807, 2.05) is 0 Å². The number of rotatable bonds is 8. The number of hydrogen-bond donors (Lipinski definition) is 1.